The normalized spacial score (nSPS) is 10.1. The highest BCUT2D eigenvalue weighted by atomic mass is 16.4. The fraction of sp³-hybridized carbons (Fsp3) is 0.0769. The van der Waals surface area contributed by atoms with Crippen LogP contribution in [0.1, 0.15) is 10.4 Å². The Bertz CT molecular complexity index is 788. The van der Waals surface area contributed by atoms with Gasteiger partial charge in [0.2, 0.25) is 5.91 Å². The van der Waals surface area contributed by atoms with Crippen molar-refractivity contribution in [3.8, 4) is 0 Å². The van der Waals surface area contributed by atoms with E-state index >= 15 is 0 Å². The van der Waals surface area contributed by atoms with E-state index < -0.39 is 23.1 Å². The number of carbonyl (C=O) groups excluding carboxylic acids is 1. The molecule has 0 bridgehead atoms. The van der Waals surface area contributed by atoms with Gasteiger partial charge in [0, 0.05) is 18.0 Å². The molecule has 0 fully saturated rings. The van der Waals surface area contributed by atoms with Crippen molar-refractivity contribution in [2.75, 3.05) is 5.32 Å². The molecule has 2 rings (SSSR count). The zero-order valence-corrected chi connectivity index (χ0v) is 10.7. The maximum Gasteiger partial charge on any atom is 0.335 e. The summed E-state index contributed by atoms with van der Waals surface area (Å²) in [6, 6.07) is 6.72. The van der Waals surface area contributed by atoms with Crippen molar-refractivity contribution in [3.05, 3.63) is 62.9 Å². The second-order valence-electron chi connectivity index (χ2n) is 4.17. The van der Waals surface area contributed by atoms with Gasteiger partial charge in [-0.2, -0.15) is 0 Å². The Labute approximate surface area is 117 Å². The van der Waals surface area contributed by atoms with E-state index in [1.807, 2.05) is 4.98 Å². The van der Waals surface area contributed by atoms with Gasteiger partial charge >= 0.3 is 11.7 Å². The molecule has 0 spiro atoms. The molecule has 1 amide bonds. The molecule has 8 nitrogen and oxygen atoms in total. The van der Waals surface area contributed by atoms with Crippen LogP contribution in [0.3, 0.4) is 0 Å². The Morgan fingerprint density at radius 1 is 1.14 bits per heavy atom. The highest BCUT2D eigenvalue weighted by molar-refractivity contribution is 5.92. The van der Waals surface area contributed by atoms with Crippen molar-refractivity contribution < 1.29 is 14.7 Å². The smallest absolute Gasteiger partial charge is 0.335 e. The summed E-state index contributed by atoms with van der Waals surface area (Å²) < 4.78 is 1.04. The average Bonchev–Trinajstić information content (AvgIpc) is 2.42. The van der Waals surface area contributed by atoms with Gasteiger partial charge in [0.25, 0.3) is 5.56 Å². The van der Waals surface area contributed by atoms with Gasteiger partial charge in [-0.05, 0) is 24.3 Å². The van der Waals surface area contributed by atoms with Crippen molar-refractivity contribution in [1.29, 1.82) is 0 Å². The van der Waals surface area contributed by atoms with Crippen LogP contribution in [-0.2, 0) is 11.3 Å². The molecule has 2 aromatic rings. The number of hydrogen-bond acceptors (Lipinski definition) is 4. The van der Waals surface area contributed by atoms with Crippen LogP contribution in [0.2, 0.25) is 0 Å². The average molecular weight is 289 g/mol. The molecule has 1 aromatic heterocycles. The van der Waals surface area contributed by atoms with Gasteiger partial charge in [-0.1, -0.05) is 0 Å². The quantitative estimate of drug-likeness (QED) is 0.724. The lowest BCUT2D eigenvalue weighted by Gasteiger charge is -2.07. The SMILES string of the molecule is O=C(Cn1ccc(=O)[nH]c1=O)Nc1ccc(C(=O)O)cc1. The molecule has 0 saturated carbocycles. The van der Waals surface area contributed by atoms with Crippen LogP contribution in [0.4, 0.5) is 5.69 Å². The minimum Gasteiger partial charge on any atom is -0.478 e. The highest BCUT2D eigenvalue weighted by Gasteiger charge is 2.07. The van der Waals surface area contributed by atoms with Crippen LogP contribution >= 0.6 is 0 Å². The maximum absolute atomic E-state index is 11.8. The van der Waals surface area contributed by atoms with Gasteiger partial charge in [0.05, 0.1) is 5.56 Å². The molecule has 0 aliphatic carbocycles. The molecule has 21 heavy (non-hydrogen) atoms. The second kappa shape index (κ2) is 5.87. The fourth-order valence-electron chi connectivity index (χ4n) is 1.62. The van der Waals surface area contributed by atoms with E-state index in [-0.39, 0.29) is 12.1 Å². The van der Waals surface area contributed by atoms with Crippen molar-refractivity contribution >= 4 is 17.6 Å². The Morgan fingerprint density at radius 3 is 2.38 bits per heavy atom. The van der Waals surface area contributed by atoms with E-state index in [2.05, 4.69) is 5.32 Å². The molecule has 8 heteroatoms. The minimum atomic E-state index is -1.06. The van der Waals surface area contributed by atoms with Gasteiger partial charge in [0.1, 0.15) is 6.54 Å². The first-order chi connectivity index (χ1) is 9.95. The number of hydrogen-bond donors (Lipinski definition) is 3. The number of nitrogens with one attached hydrogen (secondary N) is 2. The van der Waals surface area contributed by atoms with Crippen molar-refractivity contribution in [2.24, 2.45) is 0 Å². The number of aromatic nitrogens is 2. The van der Waals surface area contributed by atoms with Gasteiger partial charge in [-0.15, -0.1) is 0 Å². The number of rotatable bonds is 4. The number of aromatic amines is 1. The predicted molar refractivity (Wildman–Crippen MR) is 73.4 cm³/mol. The number of carboxylic acid groups (broad SMARTS) is 1. The van der Waals surface area contributed by atoms with E-state index in [0.717, 1.165) is 10.6 Å². The molecular formula is C13H11N3O5. The van der Waals surface area contributed by atoms with Gasteiger partial charge in [-0.3, -0.25) is 19.1 Å². The highest BCUT2D eigenvalue weighted by Crippen LogP contribution is 2.09. The van der Waals surface area contributed by atoms with E-state index in [1.54, 1.807) is 0 Å². The summed E-state index contributed by atoms with van der Waals surface area (Å²) in [4.78, 5) is 46.8. The van der Waals surface area contributed by atoms with Crippen LogP contribution in [0, 0.1) is 0 Å². The van der Waals surface area contributed by atoms with Crippen molar-refractivity contribution in [1.82, 2.24) is 9.55 Å². The Morgan fingerprint density at radius 2 is 1.81 bits per heavy atom. The zero-order valence-electron chi connectivity index (χ0n) is 10.7. The standard InChI is InChI=1S/C13H11N3O5/c17-10-5-6-16(13(21)15-10)7-11(18)14-9-3-1-8(2-4-9)12(19)20/h1-6H,7H2,(H,14,18)(H,19,20)(H,15,17,21). The summed E-state index contributed by atoms with van der Waals surface area (Å²) in [6.07, 6.45) is 1.22. The third-order valence-corrected chi connectivity index (χ3v) is 2.63. The van der Waals surface area contributed by atoms with E-state index in [4.69, 9.17) is 5.11 Å². The molecule has 0 unspecified atom stereocenters. The molecular weight excluding hydrogens is 278 g/mol. The number of anilines is 1. The molecule has 0 aliphatic heterocycles. The predicted octanol–water partition coefficient (Wildman–Crippen LogP) is -0.127. The van der Waals surface area contributed by atoms with Gasteiger partial charge < -0.3 is 10.4 Å². The molecule has 0 atom stereocenters. The summed E-state index contributed by atoms with van der Waals surface area (Å²) in [6.45, 7) is -0.268. The summed E-state index contributed by atoms with van der Waals surface area (Å²) in [5, 5.41) is 11.3. The van der Waals surface area contributed by atoms with E-state index in [0.29, 0.717) is 5.69 Å². The molecule has 1 aromatic carbocycles. The summed E-state index contributed by atoms with van der Waals surface area (Å²) in [7, 11) is 0. The molecule has 0 radical (unpaired) electrons. The molecule has 0 aliphatic rings. The minimum absolute atomic E-state index is 0.102. The number of benzene rings is 1. The second-order valence-corrected chi connectivity index (χ2v) is 4.17. The fourth-order valence-corrected chi connectivity index (χ4v) is 1.62. The van der Waals surface area contributed by atoms with Crippen molar-refractivity contribution in [3.63, 3.8) is 0 Å². The van der Waals surface area contributed by atoms with E-state index in [1.165, 1.54) is 30.5 Å². The Hall–Kier alpha value is -3.16. The number of H-pyrrole nitrogens is 1. The lowest BCUT2D eigenvalue weighted by molar-refractivity contribution is -0.116. The molecule has 0 saturated heterocycles. The monoisotopic (exact) mass is 289 g/mol. The van der Waals surface area contributed by atoms with Crippen LogP contribution < -0.4 is 16.6 Å². The number of aromatic carboxylic acids is 1. The topological polar surface area (TPSA) is 121 Å². The first-order valence-electron chi connectivity index (χ1n) is 5.89. The molecule has 1 heterocycles. The summed E-state index contributed by atoms with van der Waals surface area (Å²) in [5.41, 5.74) is -0.716. The number of amides is 1. The lowest BCUT2D eigenvalue weighted by atomic mass is 10.2. The largest absolute Gasteiger partial charge is 0.478 e. The van der Waals surface area contributed by atoms with Gasteiger partial charge in [-0.25, -0.2) is 9.59 Å². The number of nitrogens with zero attached hydrogens (tertiary/aromatic N) is 1. The van der Waals surface area contributed by atoms with Crippen LogP contribution in [0.15, 0.2) is 46.1 Å². The first kappa shape index (κ1) is 14.3. The number of carbonyl (C=O) groups is 2. The van der Waals surface area contributed by atoms with Crippen LogP contribution in [0.5, 0.6) is 0 Å². The van der Waals surface area contributed by atoms with Gasteiger partial charge in [0.15, 0.2) is 0 Å². The number of carboxylic acids is 1. The molecule has 3 N–H and O–H groups in total. The molecule has 108 valence electrons. The van der Waals surface area contributed by atoms with E-state index in [9.17, 15) is 19.2 Å². The maximum atomic E-state index is 11.8. The third kappa shape index (κ3) is 3.66. The third-order valence-electron chi connectivity index (χ3n) is 2.63. The van der Waals surface area contributed by atoms with Crippen LogP contribution in [0.25, 0.3) is 0 Å². The lowest BCUT2D eigenvalue weighted by Crippen LogP contribution is -2.32. The summed E-state index contributed by atoms with van der Waals surface area (Å²) >= 11 is 0. The van der Waals surface area contributed by atoms with Crippen LogP contribution in [-0.4, -0.2) is 26.5 Å². The first-order valence-corrected chi connectivity index (χ1v) is 5.89. The Balaban J connectivity index is 2.06. The zero-order chi connectivity index (χ0) is 15.4. The summed E-state index contributed by atoms with van der Waals surface area (Å²) in [5.74, 6) is -1.54. The van der Waals surface area contributed by atoms with Crippen molar-refractivity contribution in [2.45, 2.75) is 6.54 Å². The Kier molecular flexibility index (Phi) is 3.98.